The lowest BCUT2D eigenvalue weighted by atomic mass is 9.80. The van der Waals surface area contributed by atoms with Gasteiger partial charge >= 0.3 is 5.97 Å². The molecule has 1 N–H and O–H groups in total. The van der Waals surface area contributed by atoms with Crippen LogP contribution in [-0.2, 0) is 18.8 Å². The number of β-lactam (4-membered cyclic amide) rings is 1. The fourth-order valence-corrected chi connectivity index (χ4v) is 4.79. The summed E-state index contributed by atoms with van der Waals surface area (Å²) >= 11 is 0.734. The van der Waals surface area contributed by atoms with E-state index in [-0.39, 0.29) is 34.6 Å². The summed E-state index contributed by atoms with van der Waals surface area (Å²) in [5.41, 5.74) is 0. The van der Waals surface area contributed by atoms with E-state index in [0.717, 1.165) is 11.8 Å². The molecule has 0 aromatic heterocycles. The standard InChI is InChI=1S/C15H25NO5SSi/c1-8-10-9(7-21-23(5,6)15(2,3)4)11(17)16(10)12(13(18)19)22-14(8)20/h8-10,12H,7H2,1-6H3,(H,18,19)/t8-,9-,10-,12?/m1/s1. The van der Waals surface area contributed by atoms with Gasteiger partial charge in [0.1, 0.15) is 0 Å². The van der Waals surface area contributed by atoms with E-state index in [9.17, 15) is 19.5 Å². The Morgan fingerprint density at radius 1 is 1.35 bits per heavy atom. The lowest BCUT2D eigenvalue weighted by Crippen LogP contribution is -2.71. The molecular weight excluding hydrogens is 334 g/mol. The van der Waals surface area contributed by atoms with Crippen LogP contribution in [0.3, 0.4) is 0 Å². The number of rotatable bonds is 4. The molecule has 0 radical (unpaired) electrons. The van der Waals surface area contributed by atoms with Gasteiger partial charge in [-0.3, -0.25) is 9.59 Å². The molecule has 8 heteroatoms. The summed E-state index contributed by atoms with van der Waals surface area (Å²) in [6.07, 6.45) is 0. The molecule has 0 aliphatic carbocycles. The molecule has 2 heterocycles. The Morgan fingerprint density at radius 2 is 1.91 bits per heavy atom. The van der Waals surface area contributed by atoms with Crippen LogP contribution in [0.2, 0.25) is 18.1 Å². The van der Waals surface area contributed by atoms with Crippen LogP contribution in [0.4, 0.5) is 0 Å². The lowest BCUT2D eigenvalue weighted by molar-refractivity contribution is -0.172. The van der Waals surface area contributed by atoms with Crippen LogP contribution in [-0.4, -0.2) is 53.3 Å². The Labute approximate surface area is 142 Å². The first-order valence-corrected chi connectivity index (χ1v) is 11.6. The minimum absolute atomic E-state index is 0.0347. The van der Waals surface area contributed by atoms with E-state index in [2.05, 4.69) is 33.9 Å². The van der Waals surface area contributed by atoms with Crippen LogP contribution < -0.4 is 0 Å². The zero-order chi connectivity index (χ0) is 17.7. The van der Waals surface area contributed by atoms with Gasteiger partial charge in [-0.15, -0.1) is 0 Å². The summed E-state index contributed by atoms with van der Waals surface area (Å²) in [5, 5.41) is 8.02. The lowest BCUT2D eigenvalue weighted by Gasteiger charge is -2.54. The van der Waals surface area contributed by atoms with Crippen LogP contribution in [0.5, 0.6) is 0 Å². The van der Waals surface area contributed by atoms with E-state index < -0.39 is 25.6 Å². The summed E-state index contributed by atoms with van der Waals surface area (Å²) in [7, 11) is -1.99. The van der Waals surface area contributed by atoms with E-state index in [1.54, 1.807) is 6.92 Å². The van der Waals surface area contributed by atoms with Gasteiger partial charge in [0.2, 0.25) is 5.91 Å². The van der Waals surface area contributed by atoms with Crippen molar-refractivity contribution < 1.29 is 23.9 Å². The molecule has 2 rings (SSSR count). The van der Waals surface area contributed by atoms with Crippen molar-refractivity contribution in [3.63, 3.8) is 0 Å². The molecule has 2 saturated heterocycles. The number of hydrogen-bond acceptors (Lipinski definition) is 5. The molecule has 2 fully saturated rings. The fraction of sp³-hybridized carbons (Fsp3) is 0.800. The topological polar surface area (TPSA) is 83.9 Å². The Morgan fingerprint density at radius 3 is 2.39 bits per heavy atom. The maximum Gasteiger partial charge on any atom is 0.337 e. The van der Waals surface area contributed by atoms with Gasteiger partial charge in [0.15, 0.2) is 18.8 Å². The minimum Gasteiger partial charge on any atom is -0.479 e. The zero-order valence-electron chi connectivity index (χ0n) is 14.5. The van der Waals surface area contributed by atoms with Gasteiger partial charge in [-0.2, -0.15) is 0 Å². The quantitative estimate of drug-likeness (QED) is 0.612. The third-order valence-corrected chi connectivity index (χ3v) is 11.1. The van der Waals surface area contributed by atoms with Crippen molar-refractivity contribution in [3.05, 3.63) is 0 Å². The van der Waals surface area contributed by atoms with Crippen molar-refractivity contribution in [1.82, 2.24) is 4.90 Å². The first kappa shape index (κ1) is 18.5. The predicted molar refractivity (Wildman–Crippen MR) is 90.5 cm³/mol. The van der Waals surface area contributed by atoms with Gasteiger partial charge in [0, 0.05) is 12.5 Å². The Bertz CT molecular complexity index is 544. The predicted octanol–water partition coefficient (Wildman–Crippen LogP) is 2.16. The number of carboxylic acids is 1. The van der Waals surface area contributed by atoms with Gasteiger partial charge in [-0.25, -0.2) is 4.79 Å². The third kappa shape index (κ3) is 3.08. The van der Waals surface area contributed by atoms with Crippen LogP contribution >= 0.6 is 11.8 Å². The molecule has 130 valence electrons. The van der Waals surface area contributed by atoms with Crippen molar-refractivity contribution in [2.24, 2.45) is 11.8 Å². The number of nitrogens with zero attached hydrogens (tertiary/aromatic N) is 1. The van der Waals surface area contributed by atoms with E-state index in [1.165, 1.54) is 4.90 Å². The normalized spacial score (nSPS) is 31.7. The minimum atomic E-state index is -1.99. The largest absolute Gasteiger partial charge is 0.479 e. The average molecular weight is 360 g/mol. The highest BCUT2D eigenvalue weighted by Crippen LogP contribution is 2.45. The third-order valence-electron chi connectivity index (χ3n) is 5.31. The fourth-order valence-electron chi connectivity index (χ4n) is 2.72. The second-order valence-corrected chi connectivity index (χ2v) is 13.7. The van der Waals surface area contributed by atoms with Gasteiger partial charge in [0.25, 0.3) is 0 Å². The monoisotopic (exact) mass is 359 g/mol. The van der Waals surface area contributed by atoms with Gasteiger partial charge in [-0.1, -0.05) is 39.5 Å². The molecule has 23 heavy (non-hydrogen) atoms. The first-order chi connectivity index (χ1) is 10.4. The summed E-state index contributed by atoms with van der Waals surface area (Å²) < 4.78 is 6.12. The molecule has 1 unspecified atom stereocenters. The molecule has 0 bridgehead atoms. The van der Waals surface area contributed by atoms with Crippen LogP contribution in [0.15, 0.2) is 0 Å². The average Bonchev–Trinajstić information content (AvgIpc) is 2.40. The zero-order valence-corrected chi connectivity index (χ0v) is 16.3. The summed E-state index contributed by atoms with van der Waals surface area (Å²) in [4.78, 5) is 37.1. The molecule has 0 aromatic carbocycles. The van der Waals surface area contributed by atoms with Crippen molar-refractivity contribution in [2.45, 2.75) is 57.2 Å². The molecule has 2 aliphatic heterocycles. The van der Waals surface area contributed by atoms with Crippen molar-refractivity contribution in [1.29, 1.82) is 0 Å². The van der Waals surface area contributed by atoms with E-state index in [0.29, 0.717) is 0 Å². The number of carboxylic acid groups (broad SMARTS) is 1. The second kappa shape index (κ2) is 5.89. The second-order valence-electron chi connectivity index (χ2n) is 7.83. The molecule has 0 spiro atoms. The van der Waals surface area contributed by atoms with Gasteiger partial charge in [-0.05, 0) is 18.1 Å². The summed E-state index contributed by atoms with van der Waals surface area (Å²) in [6.45, 7) is 12.6. The van der Waals surface area contributed by atoms with Gasteiger partial charge in [0.05, 0.1) is 12.0 Å². The Balaban J connectivity index is 2.12. The Kier molecular flexibility index (Phi) is 4.73. The highest BCUT2D eigenvalue weighted by Gasteiger charge is 2.59. The van der Waals surface area contributed by atoms with Crippen molar-refractivity contribution in [2.75, 3.05) is 6.61 Å². The van der Waals surface area contributed by atoms with Crippen molar-refractivity contribution >= 4 is 37.1 Å². The SMILES string of the molecule is C[C@H]1C(=O)SC(C(=O)O)N2C(=O)[C@H](CO[Si](C)(C)C(C)(C)C)[C@@H]12. The van der Waals surface area contributed by atoms with Crippen molar-refractivity contribution in [3.8, 4) is 0 Å². The molecule has 6 nitrogen and oxygen atoms in total. The highest BCUT2D eigenvalue weighted by atomic mass is 32.2. The Hall–Kier alpha value is -0.863. The molecule has 0 saturated carbocycles. The summed E-state index contributed by atoms with van der Waals surface area (Å²) in [6, 6.07) is -0.359. The van der Waals surface area contributed by atoms with E-state index in [4.69, 9.17) is 4.43 Å². The number of hydrogen-bond donors (Lipinski definition) is 1. The number of amides is 1. The van der Waals surface area contributed by atoms with Gasteiger partial charge < -0.3 is 14.4 Å². The smallest absolute Gasteiger partial charge is 0.337 e. The first-order valence-electron chi connectivity index (χ1n) is 7.78. The van der Waals surface area contributed by atoms with E-state index >= 15 is 0 Å². The maximum absolute atomic E-state index is 12.4. The molecule has 0 aromatic rings. The number of thioether (sulfide) groups is 1. The number of fused-ring (bicyclic) bond motifs is 1. The van der Waals surface area contributed by atoms with E-state index in [1.807, 2.05) is 0 Å². The number of carbonyl (C=O) groups excluding carboxylic acids is 2. The maximum atomic E-state index is 12.4. The summed E-state index contributed by atoms with van der Waals surface area (Å²) in [5.74, 6) is -2.13. The number of carbonyl (C=O) groups is 3. The molecular formula is C15H25NO5SSi. The molecule has 1 amide bonds. The van der Waals surface area contributed by atoms with Crippen LogP contribution in [0, 0.1) is 11.8 Å². The highest BCUT2D eigenvalue weighted by molar-refractivity contribution is 8.14. The number of aliphatic carboxylic acids is 1. The molecule has 2 aliphatic rings. The molecule has 4 atom stereocenters. The van der Waals surface area contributed by atoms with Crippen LogP contribution in [0.1, 0.15) is 27.7 Å². The van der Waals surface area contributed by atoms with Crippen LogP contribution in [0.25, 0.3) is 0 Å².